The molecule has 0 saturated heterocycles. The van der Waals surface area contributed by atoms with Gasteiger partial charge < -0.3 is 11.1 Å². The van der Waals surface area contributed by atoms with Crippen LogP contribution in [0.2, 0.25) is 0 Å². The second kappa shape index (κ2) is 5.03. The molecule has 1 aliphatic carbocycles. The lowest BCUT2D eigenvalue weighted by atomic mass is 10.0. The molecule has 0 aromatic carbocycles. The second-order valence-corrected chi connectivity index (χ2v) is 4.19. The Morgan fingerprint density at radius 1 is 1.44 bits per heavy atom. The second-order valence-electron chi connectivity index (χ2n) is 4.19. The fourth-order valence-electron chi connectivity index (χ4n) is 2.06. The predicted molar refractivity (Wildman–Crippen MR) is 59.7 cm³/mol. The van der Waals surface area contributed by atoms with Gasteiger partial charge in [-0.05, 0) is 18.8 Å². The van der Waals surface area contributed by atoms with Crippen molar-refractivity contribution in [2.24, 2.45) is 11.7 Å². The molecule has 1 aromatic heterocycles. The maximum atomic E-state index is 11.7. The lowest BCUT2D eigenvalue weighted by molar-refractivity contribution is 0.0945. The number of hydrogen-bond acceptors (Lipinski definition) is 4. The van der Waals surface area contributed by atoms with Gasteiger partial charge >= 0.3 is 0 Å². The van der Waals surface area contributed by atoms with Gasteiger partial charge in [-0.3, -0.25) is 4.79 Å². The fourth-order valence-corrected chi connectivity index (χ4v) is 2.06. The summed E-state index contributed by atoms with van der Waals surface area (Å²) >= 11 is 0. The highest BCUT2D eigenvalue weighted by atomic mass is 16.1. The molecule has 1 saturated carbocycles. The van der Waals surface area contributed by atoms with Gasteiger partial charge in [-0.25, -0.2) is 9.97 Å². The minimum absolute atomic E-state index is 0.125. The Labute approximate surface area is 94.5 Å². The van der Waals surface area contributed by atoms with Crippen LogP contribution >= 0.6 is 0 Å². The van der Waals surface area contributed by atoms with E-state index in [4.69, 9.17) is 5.73 Å². The van der Waals surface area contributed by atoms with Gasteiger partial charge in [0.05, 0.1) is 5.56 Å². The molecule has 16 heavy (non-hydrogen) atoms. The summed E-state index contributed by atoms with van der Waals surface area (Å²) in [7, 11) is 0. The van der Waals surface area contributed by atoms with Gasteiger partial charge in [0.1, 0.15) is 6.33 Å². The van der Waals surface area contributed by atoms with E-state index in [9.17, 15) is 4.79 Å². The first kappa shape index (κ1) is 11.0. The first-order valence-electron chi connectivity index (χ1n) is 5.56. The lowest BCUT2D eigenvalue weighted by Gasteiger charge is -2.15. The molecule has 1 aliphatic rings. The molecule has 0 aliphatic heterocycles. The van der Waals surface area contributed by atoms with Crippen molar-refractivity contribution in [1.29, 1.82) is 0 Å². The standard InChI is InChI=1S/C11H16N4O/c12-10-3-1-2-8(10)6-15-11(16)9-4-13-7-14-5-9/h4-5,7-8,10H,1-3,6,12H2,(H,15,16). The summed E-state index contributed by atoms with van der Waals surface area (Å²) in [5.41, 5.74) is 6.42. The van der Waals surface area contributed by atoms with Crippen LogP contribution in [0.15, 0.2) is 18.7 Å². The molecule has 2 rings (SSSR count). The van der Waals surface area contributed by atoms with Gasteiger partial charge in [0.2, 0.25) is 0 Å². The lowest BCUT2D eigenvalue weighted by Crippen LogP contribution is -2.36. The first-order chi connectivity index (χ1) is 7.77. The number of nitrogens with two attached hydrogens (primary N) is 1. The van der Waals surface area contributed by atoms with Crippen LogP contribution in [0.25, 0.3) is 0 Å². The van der Waals surface area contributed by atoms with Gasteiger partial charge in [0.15, 0.2) is 0 Å². The van der Waals surface area contributed by atoms with E-state index in [1.165, 1.54) is 18.7 Å². The molecule has 0 spiro atoms. The van der Waals surface area contributed by atoms with Crippen LogP contribution in [0.4, 0.5) is 0 Å². The van der Waals surface area contributed by atoms with Crippen molar-refractivity contribution in [3.05, 3.63) is 24.3 Å². The van der Waals surface area contributed by atoms with E-state index in [0.717, 1.165) is 19.3 Å². The summed E-state index contributed by atoms with van der Waals surface area (Å²) < 4.78 is 0. The number of rotatable bonds is 3. The highest BCUT2D eigenvalue weighted by molar-refractivity contribution is 5.93. The number of aromatic nitrogens is 2. The first-order valence-corrected chi connectivity index (χ1v) is 5.56. The molecule has 5 heteroatoms. The van der Waals surface area contributed by atoms with Crippen LogP contribution in [-0.4, -0.2) is 28.5 Å². The average molecular weight is 220 g/mol. The third-order valence-electron chi connectivity index (χ3n) is 3.07. The van der Waals surface area contributed by atoms with Gasteiger partial charge in [-0.1, -0.05) is 6.42 Å². The van der Waals surface area contributed by atoms with Crippen molar-refractivity contribution in [3.8, 4) is 0 Å². The normalized spacial score (nSPS) is 24.3. The summed E-state index contributed by atoms with van der Waals surface area (Å²) in [5, 5.41) is 2.87. The van der Waals surface area contributed by atoms with E-state index >= 15 is 0 Å². The Morgan fingerprint density at radius 2 is 2.19 bits per heavy atom. The minimum atomic E-state index is -0.125. The molecular formula is C11H16N4O. The smallest absolute Gasteiger partial charge is 0.254 e. The quantitative estimate of drug-likeness (QED) is 0.769. The van der Waals surface area contributed by atoms with Crippen molar-refractivity contribution in [3.63, 3.8) is 0 Å². The number of carbonyl (C=O) groups is 1. The Kier molecular flexibility index (Phi) is 3.46. The third kappa shape index (κ3) is 2.55. The van der Waals surface area contributed by atoms with Gasteiger partial charge in [-0.15, -0.1) is 0 Å². The Morgan fingerprint density at radius 3 is 2.81 bits per heavy atom. The van der Waals surface area contributed by atoms with Crippen LogP contribution in [-0.2, 0) is 0 Å². The molecule has 1 amide bonds. The molecule has 86 valence electrons. The molecule has 3 N–H and O–H groups in total. The van der Waals surface area contributed by atoms with Crippen LogP contribution in [0.3, 0.4) is 0 Å². The largest absolute Gasteiger partial charge is 0.352 e. The molecule has 5 nitrogen and oxygen atoms in total. The van der Waals surface area contributed by atoms with E-state index in [-0.39, 0.29) is 11.9 Å². The summed E-state index contributed by atoms with van der Waals surface area (Å²) in [6.45, 7) is 0.648. The minimum Gasteiger partial charge on any atom is -0.352 e. The van der Waals surface area contributed by atoms with Crippen molar-refractivity contribution < 1.29 is 4.79 Å². The van der Waals surface area contributed by atoms with Crippen molar-refractivity contribution in [1.82, 2.24) is 15.3 Å². The SMILES string of the molecule is NC1CCCC1CNC(=O)c1cncnc1. The van der Waals surface area contributed by atoms with Crippen molar-refractivity contribution in [2.45, 2.75) is 25.3 Å². The van der Waals surface area contributed by atoms with E-state index < -0.39 is 0 Å². The number of amides is 1. The van der Waals surface area contributed by atoms with Gasteiger partial charge in [0, 0.05) is 25.0 Å². The number of hydrogen-bond donors (Lipinski definition) is 2. The fraction of sp³-hybridized carbons (Fsp3) is 0.545. The van der Waals surface area contributed by atoms with Crippen LogP contribution < -0.4 is 11.1 Å². The monoisotopic (exact) mass is 220 g/mol. The van der Waals surface area contributed by atoms with Gasteiger partial charge in [0.25, 0.3) is 5.91 Å². The van der Waals surface area contributed by atoms with Crippen LogP contribution in [0, 0.1) is 5.92 Å². The zero-order chi connectivity index (χ0) is 11.4. The molecule has 1 heterocycles. The number of nitrogens with one attached hydrogen (secondary N) is 1. The number of carbonyl (C=O) groups excluding carboxylic acids is 1. The van der Waals surface area contributed by atoms with Crippen molar-refractivity contribution in [2.75, 3.05) is 6.54 Å². The molecule has 2 unspecified atom stereocenters. The van der Waals surface area contributed by atoms with Crippen LogP contribution in [0.5, 0.6) is 0 Å². The zero-order valence-electron chi connectivity index (χ0n) is 9.10. The Bertz CT molecular complexity index is 354. The van der Waals surface area contributed by atoms with Gasteiger partial charge in [-0.2, -0.15) is 0 Å². The van der Waals surface area contributed by atoms with E-state index in [1.54, 1.807) is 0 Å². The predicted octanol–water partition coefficient (Wildman–Crippen LogP) is 0.334. The van der Waals surface area contributed by atoms with E-state index in [1.807, 2.05) is 0 Å². The van der Waals surface area contributed by atoms with Crippen LogP contribution in [0.1, 0.15) is 29.6 Å². The van der Waals surface area contributed by atoms with Crippen molar-refractivity contribution >= 4 is 5.91 Å². The maximum absolute atomic E-state index is 11.7. The molecular weight excluding hydrogens is 204 g/mol. The van der Waals surface area contributed by atoms with E-state index in [2.05, 4.69) is 15.3 Å². The third-order valence-corrected chi connectivity index (χ3v) is 3.07. The molecule has 1 aromatic rings. The summed E-state index contributed by atoms with van der Waals surface area (Å²) in [6, 6.07) is 0.229. The number of nitrogens with zero attached hydrogens (tertiary/aromatic N) is 2. The molecule has 1 fully saturated rings. The topological polar surface area (TPSA) is 80.9 Å². The average Bonchev–Trinajstić information content (AvgIpc) is 2.73. The maximum Gasteiger partial charge on any atom is 0.254 e. The molecule has 0 radical (unpaired) electrons. The molecule has 2 atom stereocenters. The summed E-state index contributed by atoms with van der Waals surface area (Å²) in [6.07, 6.45) is 7.76. The summed E-state index contributed by atoms with van der Waals surface area (Å²) in [4.78, 5) is 19.3. The zero-order valence-corrected chi connectivity index (χ0v) is 9.10. The highest BCUT2D eigenvalue weighted by Crippen LogP contribution is 2.22. The Hall–Kier alpha value is -1.49. The van der Waals surface area contributed by atoms with E-state index in [0.29, 0.717) is 18.0 Å². The summed E-state index contributed by atoms with van der Waals surface area (Å²) in [5.74, 6) is 0.285. The Balaban J connectivity index is 1.84. The molecule has 0 bridgehead atoms. The highest BCUT2D eigenvalue weighted by Gasteiger charge is 2.24.